The summed E-state index contributed by atoms with van der Waals surface area (Å²) in [6.07, 6.45) is 9.83. The van der Waals surface area contributed by atoms with Gasteiger partial charge in [-0.25, -0.2) is 0 Å². The van der Waals surface area contributed by atoms with Gasteiger partial charge in [0.05, 0.1) is 91.3 Å². The smallest absolute Gasteiger partial charge is 0.548 e. The molecule has 2 atom stereocenters. The number of carboxylic acid groups (broad SMARTS) is 1. The van der Waals surface area contributed by atoms with Gasteiger partial charge in [0.15, 0.2) is 0 Å². The first-order valence-electron chi connectivity index (χ1n) is 15.6. The van der Waals surface area contributed by atoms with Crippen LogP contribution in [0.5, 0.6) is 0 Å². The van der Waals surface area contributed by atoms with E-state index in [2.05, 4.69) is 17.6 Å². The number of carbonyl (C=O) groups excluding carboxylic acids is 3. The molecule has 2 N–H and O–H groups in total. The van der Waals surface area contributed by atoms with Crippen LogP contribution in [0.3, 0.4) is 0 Å². The van der Waals surface area contributed by atoms with Gasteiger partial charge in [0.25, 0.3) is 0 Å². The third kappa shape index (κ3) is 32.4. The number of carboxylic acids is 1. The van der Waals surface area contributed by atoms with Gasteiger partial charge in [0.2, 0.25) is 11.8 Å². The van der Waals surface area contributed by atoms with Gasteiger partial charge in [-0.05, 0) is 13.3 Å². The molecule has 0 rings (SSSR count). The van der Waals surface area contributed by atoms with Gasteiger partial charge in [-0.1, -0.05) is 58.8 Å². The second kappa shape index (κ2) is 34.1. The van der Waals surface area contributed by atoms with E-state index in [1.165, 1.54) is 45.4 Å². The van der Waals surface area contributed by atoms with Crippen molar-refractivity contribution in [2.75, 3.05) is 85.8 Å². The Labute approximate surface area is 281 Å². The molecular formula is C30H57N2NaO10. The molecule has 13 heteroatoms. The van der Waals surface area contributed by atoms with Crippen molar-refractivity contribution < 1.29 is 77.5 Å². The SMILES string of the molecule is CCCCCCCCCC(C)C(=O)NCCOCCOCCOCCOCCOCCOCCC(=O)N[C@@H](C)C(=O)[O-].[Na+]. The van der Waals surface area contributed by atoms with Gasteiger partial charge in [-0.15, -0.1) is 0 Å². The molecule has 0 heterocycles. The van der Waals surface area contributed by atoms with Crippen LogP contribution in [0.2, 0.25) is 0 Å². The summed E-state index contributed by atoms with van der Waals surface area (Å²) in [4.78, 5) is 34.2. The Balaban J connectivity index is 0. The Morgan fingerprint density at radius 3 is 1.51 bits per heavy atom. The van der Waals surface area contributed by atoms with Crippen LogP contribution in [0.1, 0.15) is 78.6 Å². The topological polar surface area (TPSA) is 154 Å². The van der Waals surface area contributed by atoms with Crippen LogP contribution in [-0.2, 0) is 42.8 Å². The van der Waals surface area contributed by atoms with E-state index in [4.69, 9.17) is 28.4 Å². The van der Waals surface area contributed by atoms with Crippen molar-refractivity contribution in [2.24, 2.45) is 5.92 Å². The standard InChI is InChI=1S/C30H58N2O10.Na/c1-4-5-6-7-8-9-10-11-26(2)29(34)31-13-15-38-17-19-40-21-23-42-25-24-41-22-20-39-18-16-37-14-12-28(33)32-27(3)30(35)36;/h26-27H,4-25H2,1-3H3,(H,31,34)(H,32,33)(H,35,36);/q;+1/p-1/t26?,27-;/m0./s1. The van der Waals surface area contributed by atoms with Crippen molar-refractivity contribution in [1.82, 2.24) is 10.6 Å². The minimum absolute atomic E-state index is 0. The summed E-state index contributed by atoms with van der Waals surface area (Å²) in [5.41, 5.74) is 0. The molecule has 0 spiro atoms. The summed E-state index contributed by atoms with van der Waals surface area (Å²) in [6.45, 7) is 11.0. The molecule has 12 nitrogen and oxygen atoms in total. The van der Waals surface area contributed by atoms with E-state index in [0.717, 1.165) is 12.8 Å². The molecule has 0 fully saturated rings. The van der Waals surface area contributed by atoms with Gasteiger partial charge in [-0.3, -0.25) is 9.59 Å². The molecule has 0 saturated carbocycles. The predicted octanol–water partition coefficient (Wildman–Crippen LogP) is -1.37. The average Bonchev–Trinajstić information content (AvgIpc) is 2.97. The number of rotatable bonds is 32. The molecule has 43 heavy (non-hydrogen) atoms. The Morgan fingerprint density at radius 2 is 1.05 bits per heavy atom. The van der Waals surface area contributed by atoms with Crippen molar-refractivity contribution in [3.8, 4) is 0 Å². The van der Waals surface area contributed by atoms with Crippen LogP contribution < -0.4 is 45.3 Å². The number of amides is 2. The van der Waals surface area contributed by atoms with Gasteiger partial charge < -0.3 is 49.0 Å². The molecule has 1 unspecified atom stereocenters. The van der Waals surface area contributed by atoms with Crippen LogP contribution in [-0.4, -0.2) is 110 Å². The monoisotopic (exact) mass is 628 g/mol. The Bertz CT molecular complexity index is 660. The maximum Gasteiger partial charge on any atom is 1.00 e. The second-order valence-electron chi connectivity index (χ2n) is 10.1. The van der Waals surface area contributed by atoms with E-state index >= 15 is 0 Å². The fourth-order valence-corrected chi connectivity index (χ4v) is 3.70. The quantitative estimate of drug-likeness (QED) is 0.0674. The molecule has 0 aromatic rings. The van der Waals surface area contributed by atoms with Gasteiger partial charge in [-0.2, -0.15) is 0 Å². The minimum atomic E-state index is -1.33. The summed E-state index contributed by atoms with van der Waals surface area (Å²) < 4.78 is 32.5. The van der Waals surface area contributed by atoms with Crippen LogP contribution >= 0.6 is 0 Å². The first-order chi connectivity index (χ1) is 20.4. The number of ether oxygens (including phenoxy) is 6. The van der Waals surface area contributed by atoms with E-state index < -0.39 is 17.9 Å². The largest absolute Gasteiger partial charge is 1.00 e. The summed E-state index contributed by atoms with van der Waals surface area (Å²) in [5, 5.41) is 15.8. The van der Waals surface area contributed by atoms with Crippen molar-refractivity contribution in [1.29, 1.82) is 0 Å². The number of aliphatic carboxylic acids is 1. The normalized spacial score (nSPS) is 12.3. The molecule has 2 amide bonds. The number of nitrogens with one attached hydrogen (secondary N) is 2. The Hall–Kier alpha value is -0.830. The number of carbonyl (C=O) groups is 3. The number of unbranched alkanes of at least 4 members (excludes halogenated alkanes) is 6. The molecule has 0 radical (unpaired) electrons. The van der Waals surface area contributed by atoms with Crippen LogP contribution in [0.4, 0.5) is 0 Å². The average molecular weight is 629 g/mol. The third-order valence-corrected chi connectivity index (χ3v) is 6.30. The molecule has 0 aliphatic rings. The second-order valence-corrected chi connectivity index (χ2v) is 10.1. The third-order valence-electron chi connectivity index (χ3n) is 6.30. The van der Waals surface area contributed by atoms with E-state index in [-0.39, 0.29) is 54.4 Å². The van der Waals surface area contributed by atoms with Crippen molar-refractivity contribution in [3.63, 3.8) is 0 Å². The van der Waals surface area contributed by atoms with Gasteiger partial charge >= 0.3 is 29.6 Å². The molecule has 248 valence electrons. The predicted molar refractivity (Wildman–Crippen MR) is 157 cm³/mol. The zero-order chi connectivity index (χ0) is 31.1. The summed E-state index contributed by atoms with van der Waals surface area (Å²) in [6, 6.07) is -1.03. The van der Waals surface area contributed by atoms with Crippen molar-refractivity contribution in [2.45, 2.75) is 84.6 Å². The molecule has 0 aliphatic carbocycles. The number of hydrogen-bond donors (Lipinski definition) is 2. The molecular weight excluding hydrogens is 571 g/mol. The van der Waals surface area contributed by atoms with Crippen molar-refractivity contribution in [3.05, 3.63) is 0 Å². The van der Waals surface area contributed by atoms with Crippen LogP contribution in [0, 0.1) is 5.92 Å². The van der Waals surface area contributed by atoms with E-state index in [9.17, 15) is 19.5 Å². The molecule has 0 aromatic carbocycles. The summed E-state index contributed by atoms with van der Waals surface area (Å²) >= 11 is 0. The van der Waals surface area contributed by atoms with Gasteiger partial charge in [0, 0.05) is 18.9 Å². The fourth-order valence-electron chi connectivity index (χ4n) is 3.70. The van der Waals surface area contributed by atoms with E-state index in [0.29, 0.717) is 79.2 Å². The first kappa shape index (κ1) is 44.3. The zero-order valence-electron chi connectivity index (χ0n) is 27.3. The Morgan fingerprint density at radius 1 is 0.628 bits per heavy atom. The zero-order valence-corrected chi connectivity index (χ0v) is 29.3. The minimum Gasteiger partial charge on any atom is -0.548 e. The van der Waals surface area contributed by atoms with Crippen LogP contribution in [0.15, 0.2) is 0 Å². The first-order valence-corrected chi connectivity index (χ1v) is 15.6. The summed E-state index contributed by atoms with van der Waals surface area (Å²) in [5.74, 6) is -1.59. The van der Waals surface area contributed by atoms with Gasteiger partial charge in [0.1, 0.15) is 0 Å². The van der Waals surface area contributed by atoms with E-state index in [1.807, 2.05) is 6.92 Å². The summed E-state index contributed by atoms with van der Waals surface area (Å²) in [7, 11) is 0. The maximum atomic E-state index is 12.1. The van der Waals surface area contributed by atoms with Crippen molar-refractivity contribution >= 4 is 17.8 Å². The molecule has 0 aromatic heterocycles. The maximum absolute atomic E-state index is 12.1. The van der Waals surface area contributed by atoms with E-state index in [1.54, 1.807) is 0 Å². The van der Waals surface area contributed by atoms with Crippen LogP contribution in [0.25, 0.3) is 0 Å². The number of hydrogen-bond acceptors (Lipinski definition) is 10. The molecule has 0 bridgehead atoms. The Kier molecular flexibility index (Phi) is 35.1. The molecule has 0 aliphatic heterocycles. The molecule has 0 saturated heterocycles. The fraction of sp³-hybridized carbons (Fsp3) is 0.900.